The number of benzene rings is 2. The Balaban J connectivity index is 2.01. The Hall–Kier alpha value is -3.41. The number of hydrogen-bond acceptors (Lipinski definition) is 5. The number of aromatic carboxylic acids is 1. The van der Waals surface area contributed by atoms with Crippen LogP contribution in [0.5, 0.6) is 0 Å². The van der Waals surface area contributed by atoms with Crippen LogP contribution in [0.1, 0.15) is 16.1 Å². The molecule has 0 aliphatic rings. The van der Waals surface area contributed by atoms with E-state index in [1.165, 1.54) is 12.1 Å². The lowest BCUT2D eigenvalue weighted by atomic mass is 10.1. The molecule has 1 heterocycles. The Morgan fingerprint density at radius 1 is 1.07 bits per heavy atom. The van der Waals surface area contributed by atoms with E-state index in [2.05, 4.69) is 4.98 Å². The highest BCUT2D eigenvalue weighted by atomic mass is 32.2. The van der Waals surface area contributed by atoms with E-state index in [1.54, 1.807) is 0 Å². The topological polar surface area (TPSA) is 101 Å². The summed E-state index contributed by atoms with van der Waals surface area (Å²) < 4.78 is 82.2. The van der Waals surface area contributed by atoms with Gasteiger partial charge in [-0.3, -0.25) is 0 Å². The van der Waals surface area contributed by atoms with Gasteiger partial charge in [0.1, 0.15) is 11.5 Å². The first kappa shape index (κ1) is 21.3. The molecule has 30 heavy (non-hydrogen) atoms. The number of hydrogen-bond donors (Lipinski definition) is 1. The first-order valence-corrected chi connectivity index (χ1v) is 9.51. The summed E-state index contributed by atoms with van der Waals surface area (Å²) in [4.78, 5) is 14.9. The molecule has 3 rings (SSSR count). The third-order valence-corrected chi connectivity index (χ3v) is 5.78. The maximum Gasteiger partial charge on any atom is 0.416 e. The zero-order valence-electron chi connectivity index (χ0n) is 15.0. The van der Waals surface area contributed by atoms with Gasteiger partial charge in [-0.2, -0.15) is 18.2 Å². The second-order valence-electron chi connectivity index (χ2n) is 5.98. The second-order valence-corrected chi connectivity index (χ2v) is 7.95. The molecule has 0 aliphatic heterocycles. The fraction of sp³-hybridized carbons (Fsp3) is 0.111. The van der Waals surface area contributed by atoms with Gasteiger partial charge in [0, 0.05) is 12.6 Å². The minimum absolute atomic E-state index is 0.157. The van der Waals surface area contributed by atoms with Gasteiger partial charge < -0.3 is 9.52 Å². The van der Waals surface area contributed by atoms with Crippen LogP contribution in [0.2, 0.25) is 0 Å². The number of alkyl halides is 3. The first-order chi connectivity index (χ1) is 13.9. The molecular weight excluding hydrogens is 432 g/mol. The highest BCUT2D eigenvalue weighted by molar-refractivity contribution is 7.92. The molecule has 7 nitrogen and oxygen atoms in total. The number of halogens is 4. The lowest BCUT2D eigenvalue weighted by Gasteiger charge is -2.15. The summed E-state index contributed by atoms with van der Waals surface area (Å²) in [5, 5.41) is 9.32. The van der Waals surface area contributed by atoms with Crippen LogP contribution in [0.25, 0.3) is 11.3 Å². The number of oxazole rings is 1. The van der Waals surface area contributed by atoms with Gasteiger partial charge in [0.25, 0.3) is 10.0 Å². The van der Waals surface area contributed by atoms with Gasteiger partial charge >= 0.3 is 18.2 Å². The van der Waals surface area contributed by atoms with Crippen molar-refractivity contribution < 1.29 is 40.3 Å². The van der Waals surface area contributed by atoms with Crippen molar-refractivity contribution in [3.63, 3.8) is 0 Å². The number of sulfonamides is 1. The number of carbonyl (C=O) groups is 1. The molecule has 0 saturated heterocycles. The predicted molar refractivity (Wildman–Crippen MR) is 95.9 cm³/mol. The van der Waals surface area contributed by atoms with E-state index < -0.39 is 50.2 Å². The average molecular weight is 444 g/mol. The number of aromatic nitrogens is 1. The van der Waals surface area contributed by atoms with E-state index in [0.29, 0.717) is 16.4 Å². The van der Waals surface area contributed by atoms with Crippen LogP contribution >= 0.6 is 0 Å². The van der Waals surface area contributed by atoms with Gasteiger partial charge in [-0.25, -0.2) is 21.9 Å². The Labute approximate surface area is 167 Å². The van der Waals surface area contributed by atoms with Gasteiger partial charge in [-0.05, 0) is 48.5 Å². The normalized spacial score (nSPS) is 12.0. The summed E-state index contributed by atoms with van der Waals surface area (Å²) in [7, 11) is -3.42. The Bertz CT molecular complexity index is 1190. The van der Waals surface area contributed by atoms with Crippen molar-refractivity contribution in [2.75, 3.05) is 11.4 Å². The molecule has 0 atom stereocenters. The van der Waals surface area contributed by atoms with Crippen LogP contribution in [0, 0.1) is 5.82 Å². The van der Waals surface area contributed by atoms with Crippen LogP contribution < -0.4 is 4.31 Å². The Morgan fingerprint density at radius 2 is 1.63 bits per heavy atom. The van der Waals surface area contributed by atoms with Gasteiger partial charge in [-0.15, -0.1) is 0 Å². The molecule has 0 fully saturated rings. The molecule has 0 spiro atoms. The summed E-state index contributed by atoms with van der Waals surface area (Å²) >= 11 is 0. The zero-order valence-corrected chi connectivity index (χ0v) is 15.8. The molecule has 1 N–H and O–H groups in total. The molecular formula is C18H12F4N2O5S. The molecule has 0 bridgehead atoms. The molecule has 0 aliphatic carbocycles. The second kappa shape index (κ2) is 7.44. The molecule has 12 heteroatoms. The van der Waals surface area contributed by atoms with E-state index >= 15 is 0 Å². The number of carboxylic acids is 1. The van der Waals surface area contributed by atoms with Gasteiger partial charge in [0.05, 0.1) is 10.5 Å². The smallest absolute Gasteiger partial charge is 0.416 e. The maximum absolute atomic E-state index is 13.1. The molecule has 1 aromatic heterocycles. The summed E-state index contributed by atoms with van der Waals surface area (Å²) in [6.07, 6.45) is -4.64. The van der Waals surface area contributed by atoms with Crippen molar-refractivity contribution in [3.8, 4) is 11.3 Å². The number of anilines is 1. The monoisotopic (exact) mass is 444 g/mol. The largest absolute Gasteiger partial charge is 0.475 e. The average Bonchev–Trinajstić information content (AvgIpc) is 3.13. The predicted octanol–water partition coefficient (Wildman–Crippen LogP) is 4.02. The lowest BCUT2D eigenvalue weighted by Crippen LogP contribution is -2.27. The maximum atomic E-state index is 13.1. The van der Waals surface area contributed by atoms with Crippen molar-refractivity contribution >= 4 is 22.0 Å². The van der Waals surface area contributed by atoms with Crippen LogP contribution in [0.15, 0.2) is 57.8 Å². The lowest BCUT2D eigenvalue weighted by molar-refractivity contribution is -0.137. The fourth-order valence-corrected chi connectivity index (χ4v) is 3.55. The van der Waals surface area contributed by atoms with Crippen molar-refractivity contribution in [2.45, 2.75) is 11.1 Å². The number of rotatable bonds is 5. The van der Waals surface area contributed by atoms with Crippen molar-refractivity contribution in [1.82, 2.24) is 4.98 Å². The summed E-state index contributed by atoms with van der Waals surface area (Å²) in [5.41, 5.74) is -1.12. The standard InChI is InChI=1S/C18H12F4N2O5S/c1-24(30(27,28)13-8-4-11(5-9-13)18(20,21)22)17-23-14(15(29-17)16(25)26)10-2-6-12(19)7-3-10/h2-9H,1H3,(H,25,26). The Kier molecular flexibility index (Phi) is 5.29. The highest BCUT2D eigenvalue weighted by Gasteiger charge is 2.32. The first-order valence-electron chi connectivity index (χ1n) is 8.07. The third kappa shape index (κ3) is 3.99. The van der Waals surface area contributed by atoms with E-state index in [-0.39, 0.29) is 11.3 Å². The van der Waals surface area contributed by atoms with E-state index in [1.807, 2.05) is 0 Å². The third-order valence-electron chi connectivity index (χ3n) is 4.04. The van der Waals surface area contributed by atoms with Crippen LogP contribution in [0.3, 0.4) is 0 Å². The van der Waals surface area contributed by atoms with Crippen LogP contribution in [-0.2, 0) is 16.2 Å². The zero-order chi connectivity index (χ0) is 22.3. The van der Waals surface area contributed by atoms with Gasteiger partial charge in [0.2, 0.25) is 5.76 Å². The number of nitrogens with zero attached hydrogens (tertiary/aromatic N) is 2. The quantitative estimate of drug-likeness (QED) is 0.597. The highest BCUT2D eigenvalue weighted by Crippen LogP contribution is 2.32. The van der Waals surface area contributed by atoms with Gasteiger partial charge in [-0.1, -0.05) is 0 Å². The number of carboxylic acid groups (broad SMARTS) is 1. The van der Waals surface area contributed by atoms with Gasteiger partial charge in [0.15, 0.2) is 0 Å². The van der Waals surface area contributed by atoms with Crippen molar-refractivity contribution in [3.05, 3.63) is 65.7 Å². The molecule has 158 valence electrons. The molecule has 2 aromatic carbocycles. The molecule has 0 unspecified atom stereocenters. The summed E-state index contributed by atoms with van der Waals surface area (Å²) in [5.74, 6) is -2.82. The minimum Gasteiger partial charge on any atom is -0.475 e. The molecule has 0 saturated carbocycles. The fourth-order valence-electron chi connectivity index (χ4n) is 2.47. The summed E-state index contributed by atoms with van der Waals surface area (Å²) in [6.45, 7) is 0. The van der Waals surface area contributed by atoms with E-state index in [0.717, 1.165) is 31.3 Å². The molecule has 3 aromatic rings. The summed E-state index contributed by atoms with van der Waals surface area (Å²) in [6, 6.07) is 6.66. The minimum atomic E-state index is -4.64. The van der Waals surface area contributed by atoms with Crippen molar-refractivity contribution in [1.29, 1.82) is 0 Å². The van der Waals surface area contributed by atoms with Crippen molar-refractivity contribution in [2.24, 2.45) is 0 Å². The van der Waals surface area contributed by atoms with E-state index in [9.17, 15) is 35.9 Å². The van der Waals surface area contributed by atoms with Crippen LogP contribution in [-0.4, -0.2) is 31.5 Å². The molecule has 0 amide bonds. The van der Waals surface area contributed by atoms with Crippen LogP contribution in [0.4, 0.5) is 23.6 Å². The van der Waals surface area contributed by atoms with E-state index in [4.69, 9.17) is 4.42 Å². The Morgan fingerprint density at radius 3 is 2.13 bits per heavy atom. The SMILES string of the molecule is CN(c1nc(-c2ccc(F)cc2)c(C(=O)O)o1)S(=O)(=O)c1ccc(C(F)(F)F)cc1. The molecule has 0 radical (unpaired) electrons.